The molecule has 0 aliphatic carbocycles. The maximum absolute atomic E-state index is 13.1. The number of halogens is 2. The van der Waals surface area contributed by atoms with Crippen molar-refractivity contribution < 1.29 is 28.0 Å². The van der Waals surface area contributed by atoms with E-state index in [2.05, 4.69) is 5.16 Å². The van der Waals surface area contributed by atoms with Crippen LogP contribution in [0.2, 0.25) is 10.0 Å². The van der Waals surface area contributed by atoms with Crippen LogP contribution in [0.4, 0.5) is 0 Å². The van der Waals surface area contributed by atoms with Crippen LogP contribution in [0.5, 0.6) is 11.5 Å². The third kappa shape index (κ3) is 7.14. The topological polar surface area (TPSA) is 83.4 Å². The highest BCUT2D eigenvalue weighted by Crippen LogP contribution is 2.50. The zero-order chi connectivity index (χ0) is 21.3. The third-order valence-electron chi connectivity index (χ3n) is 3.32. The van der Waals surface area contributed by atoms with Gasteiger partial charge in [-0.15, -0.1) is 0 Å². The number of ether oxygens (including phenoxy) is 1. The molecule has 0 aromatic heterocycles. The summed E-state index contributed by atoms with van der Waals surface area (Å²) in [6, 6.07) is 12.8. The number of ketones is 1. The lowest BCUT2D eigenvalue weighted by atomic mass is 10.3. The molecular formula is C19H20Cl2NO6P. The summed E-state index contributed by atoms with van der Waals surface area (Å²) in [7, 11) is -4.02. The first kappa shape index (κ1) is 23.4. The molecule has 156 valence electrons. The monoisotopic (exact) mass is 459 g/mol. The van der Waals surface area contributed by atoms with Gasteiger partial charge in [-0.3, -0.25) is 9.36 Å². The highest BCUT2D eigenvalue weighted by atomic mass is 35.5. The van der Waals surface area contributed by atoms with Gasteiger partial charge in [0.15, 0.2) is 12.4 Å². The van der Waals surface area contributed by atoms with Gasteiger partial charge in [-0.05, 0) is 56.3 Å². The Morgan fingerprint density at radius 2 is 1.62 bits per heavy atom. The van der Waals surface area contributed by atoms with Crippen molar-refractivity contribution in [1.82, 2.24) is 0 Å². The fourth-order valence-electron chi connectivity index (χ4n) is 2.11. The van der Waals surface area contributed by atoms with Crippen LogP contribution >= 0.6 is 30.8 Å². The molecular weight excluding hydrogens is 440 g/mol. The van der Waals surface area contributed by atoms with Crippen LogP contribution in [0.1, 0.15) is 13.8 Å². The summed E-state index contributed by atoms with van der Waals surface area (Å²) < 4.78 is 29.0. The number of hydrogen-bond donors (Lipinski definition) is 0. The number of hydrogen-bond acceptors (Lipinski definition) is 7. The zero-order valence-corrected chi connectivity index (χ0v) is 18.2. The van der Waals surface area contributed by atoms with Crippen molar-refractivity contribution in [3.05, 3.63) is 58.6 Å². The van der Waals surface area contributed by atoms with Crippen LogP contribution in [0.3, 0.4) is 0 Å². The molecule has 0 fully saturated rings. The van der Waals surface area contributed by atoms with Crippen LogP contribution in [0.15, 0.2) is 53.7 Å². The molecule has 0 atom stereocenters. The molecule has 10 heteroatoms. The Balaban J connectivity index is 2.26. The maximum atomic E-state index is 13.1. The van der Waals surface area contributed by atoms with Crippen molar-refractivity contribution in [3.63, 3.8) is 0 Å². The van der Waals surface area contributed by atoms with Crippen LogP contribution in [0.25, 0.3) is 0 Å². The molecule has 0 spiro atoms. The molecule has 0 saturated carbocycles. The summed E-state index contributed by atoms with van der Waals surface area (Å²) in [5, 5.41) is 4.72. The SMILES string of the molecule is CCOP(=O)(OCC)C(=NOc1ccc(Cl)cc1)C(=O)COc1cccc(Cl)c1. The Hall–Kier alpha value is -1.89. The predicted octanol–water partition coefficient (Wildman–Crippen LogP) is 5.60. The molecule has 2 aromatic rings. The van der Waals surface area contributed by atoms with Gasteiger partial charge in [0.1, 0.15) is 5.75 Å². The Bertz CT molecular complexity index is 894. The lowest BCUT2D eigenvalue weighted by Crippen LogP contribution is -2.24. The van der Waals surface area contributed by atoms with Gasteiger partial charge in [0, 0.05) is 10.0 Å². The summed E-state index contributed by atoms with van der Waals surface area (Å²) >= 11 is 11.7. The van der Waals surface area contributed by atoms with E-state index in [4.69, 9.17) is 41.8 Å². The minimum atomic E-state index is -4.02. The molecule has 7 nitrogen and oxygen atoms in total. The van der Waals surface area contributed by atoms with Gasteiger partial charge in [0.2, 0.25) is 11.2 Å². The molecule has 0 heterocycles. The van der Waals surface area contributed by atoms with E-state index in [1.54, 1.807) is 62.4 Å². The largest absolute Gasteiger partial charge is 0.485 e. The molecule has 2 rings (SSSR count). The van der Waals surface area contributed by atoms with E-state index in [0.717, 1.165) is 0 Å². The van der Waals surface area contributed by atoms with E-state index in [9.17, 15) is 9.36 Å². The van der Waals surface area contributed by atoms with E-state index >= 15 is 0 Å². The second-order valence-electron chi connectivity index (χ2n) is 5.46. The summed E-state index contributed by atoms with van der Waals surface area (Å²) in [6.45, 7) is 2.86. The Morgan fingerprint density at radius 1 is 0.966 bits per heavy atom. The Morgan fingerprint density at radius 3 is 2.21 bits per heavy atom. The summed E-state index contributed by atoms with van der Waals surface area (Å²) in [5.41, 5.74) is -0.502. The van der Waals surface area contributed by atoms with Crippen molar-refractivity contribution in [2.24, 2.45) is 5.16 Å². The summed E-state index contributed by atoms with van der Waals surface area (Å²) in [5.74, 6) is -0.0642. The van der Waals surface area contributed by atoms with Gasteiger partial charge in [-0.25, -0.2) is 0 Å². The first-order valence-electron chi connectivity index (χ1n) is 8.69. The minimum absolute atomic E-state index is 0.0413. The summed E-state index contributed by atoms with van der Waals surface area (Å²) in [6.07, 6.45) is 0. The number of carbonyl (C=O) groups is 1. The van der Waals surface area contributed by atoms with Gasteiger partial charge in [0.05, 0.1) is 13.2 Å². The van der Waals surface area contributed by atoms with Crippen LogP contribution in [0, 0.1) is 0 Å². The molecule has 0 bridgehead atoms. The van der Waals surface area contributed by atoms with Crippen LogP contribution in [-0.4, -0.2) is 31.1 Å². The van der Waals surface area contributed by atoms with Gasteiger partial charge >= 0.3 is 7.60 Å². The summed E-state index contributed by atoms with van der Waals surface area (Å²) in [4.78, 5) is 18.0. The van der Waals surface area contributed by atoms with Gasteiger partial charge in [0.25, 0.3) is 0 Å². The number of rotatable bonds is 11. The first-order valence-corrected chi connectivity index (χ1v) is 11.0. The highest BCUT2D eigenvalue weighted by Gasteiger charge is 2.38. The third-order valence-corrected chi connectivity index (χ3v) is 5.86. The molecule has 0 radical (unpaired) electrons. The molecule has 0 aliphatic rings. The standard InChI is InChI=1S/C19H20Cl2NO6P/c1-3-26-29(24,27-4-2)19(22-28-16-10-8-14(20)9-11-16)18(23)13-25-17-7-5-6-15(21)12-17/h5-12H,3-4,13H2,1-2H3. The maximum Gasteiger partial charge on any atom is 0.386 e. The van der Waals surface area contributed by atoms with E-state index in [1.165, 1.54) is 0 Å². The van der Waals surface area contributed by atoms with E-state index in [-0.39, 0.29) is 19.0 Å². The zero-order valence-electron chi connectivity index (χ0n) is 15.8. The average molecular weight is 460 g/mol. The Kier molecular flexibility index (Phi) is 9.14. The second kappa shape index (κ2) is 11.3. The molecule has 0 saturated heterocycles. The van der Waals surface area contributed by atoms with Gasteiger partial charge < -0.3 is 18.6 Å². The first-order chi connectivity index (χ1) is 13.9. The molecule has 0 amide bonds. The molecule has 0 unspecified atom stereocenters. The lowest BCUT2D eigenvalue weighted by molar-refractivity contribution is -0.114. The number of carbonyl (C=O) groups excluding carboxylic acids is 1. The van der Waals surface area contributed by atoms with E-state index in [0.29, 0.717) is 15.8 Å². The van der Waals surface area contributed by atoms with Gasteiger partial charge in [-0.2, -0.15) is 0 Å². The van der Waals surface area contributed by atoms with Crippen LogP contribution in [-0.2, 0) is 18.4 Å². The number of nitrogens with zero attached hydrogens (tertiary/aromatic N) is 1. The number of oxime groups is 1. The van der Waals surface area contributed by atoms with Crippen LogP contribution < -0.4 is 9.57 Å². The smallest absolute Gasteiger partial charge is 0.386 e. The van der Waals surface area contributed by atoms with Crippen molar-refractivity contribution in [3.8, 4) is 11.5 Å². The molecule has 0 N–H and O–H groups in total. The molecule has 0 aliphatic heterocycles. The average Bonchev–Trinajstić information content (AvgIpc) is 2.68. The fourth-order valence-corrected chi connectivity index (χ4v) is 3.93. The van der Waals surface area contributed by atoms with Crippen molar-refractivity contribution >= 4 is 42.0 Å². The van der Waals surface area contributed by atoms with Gasteiger partial charge in [-0.1, -0.05) is 34.4 Å². The van der Waals surface area contributed by atoms with Crippen molar-refractivity contribution in [2.75, 3.05) is 19.8 Å². The lowest BCUT2D eigenvalue weighted by Gasteiger charge is -2.17. The fraction of sp³-hybridized carbons (Fsp3) is 0.263. The Labute approximate surface area is 179 Å². The minimum Gasteiger partial charge on any atom is -0.485 e. The van der Waals surface area contributed by atoms with Crippen molar-refractivity contribution in [2.45, 2.75) is 13.8 Å². The van der Waals surface area contributed by atoms with Crippen molar-refractivity contribution in [1.29, 1.82) is 0 Å². The predicted molar refractivity (Wildman–Crippen MR) is 112 cm³/mol. The van der Waals surface area contributed by atoms with E-state index < -0.39 is 25.4 Å². The second-order valence-corrected chi connectivity index (χ2v) is 8.27. The number of benzene rings is 2. The molecule has 29 heavy (non-hydrogen) atoms. The number of Topliss-reactive ketones (excluding diaryl/α,β-unsaturated/α-hetero) is 1. The highest BCUT2D eigenvalue weighted by molar-refractivity contribution is 7.75. The van der Waals surface area contributed by atoms with E-state index in [1.807, 2.05) is 0 Å². The molecule has 2 aromatic carbocycles. The normalized spacial score (nSPS) is 11.9. The quantitative estimate of drug-likeness (QED) is 0.247.